The Morgan fingerprint density at radius 3 is 2.58 bits per heavy atom. The summed E-state index contributed by atoms with van der Waals surface area (Å²) in [6.07, 6.45) is 5.49. The largest absolute Gasteiger partial charge is 0.351 e. The lowest BCUT2D eigenvalue weighted by atomic mass is 9.91. The SMILES string of the molecule is CCCCCCC1CNC(=O)c2ccccc2C1=O. The number of ketones is 1. The summed E-state index contributed by atoms with van der Waals surface area (Å²) in [6, 6.07) is 7.11. The van der Waals surface area contributed by atoms with Gasteiger partial charge in [0.15, 0.2) is 5.78 Å². The minimum Gasteiger partial charge on any atom is -0.351 e. The van der Waals surface area contributed by atoms with Crippen molar-refractivity contribution in [2.24, 2.45) is 5.92 Å². The maximum atomic E-state index is 12.5. The van der Waals surface area contributed by atoms with E-state index in [1.165, 1.54) is 12.8 Å². The topological polar surface area (TPSA) is 46.2 Å². The fourth-order valence-electron chi connectivity index (χ4n) is 2.57. The fraction of sp³-hybridized carbons (Fsp3) is 0.500. The predicted molar refractivity (Wildman–Crippen MR) is 75.4 cm³/mol. The van der Waals surface area contributed by atoms with Crippen LogP contribution in [0.5, 0.6) is 0 Å². The second kappa shape index (κ2) is 6.50. The lowest BCUT2D eigenvalue weighted by Gasteiger charge is -2.12. The molecule has 3 heteroatoms. The number of Topliss-reactive ketones (excluding diaryl/α,β-unsaturated/α-hetero) is 1. The van der Waals surface area contributed by atoms with E-state index in [0.717, 1.165) is 19.3 Å². The summed E-state index contributed by atoms with van der Waals surface area (Å²) in [4.78, 5) is 24.4. The molecule has 102 valence electrons. The molecule has 1 aliphatic heterocycles. The first kappa shape index (κ1) is 13.8. The molecule has 0 bridgehead atoms. The molecule has 1 N–H and O–H groups in total. The number of carbonyl (C=O) groups excluding carboxylic acids is 2. The molecule has 0 fully saturated rings. The number of hydrogen-bond donors (Lipinski definition) is 1. The van der Waals surface area contributed by atoms with Crippen molar-refractivity contribution in [1.82, 2.24) is 5.32 Å². The summed E-state index contributed by atoms with van der Waals surface area (Å²) in [6.45, 7) is 2.64. The summed E-state index contributed by atoms with van der Waals surface area (Å²) in [7, 11) is 0. The van der Waals surface area contributed by atoms with Crippen LogP contribution in [0.3, 0.4) is 0 Å². The quantitative estimate of drug-likeness (QED) is 0.825. The van der Waals surface area contributed by atoms with E-state index in [-0.39, 0.29) is 17.6 Å². The highest BCUT2D eigenvalue weighted by Gasteiger charge is 2.28. The van der Waals surface area contributed by atoms with E-state index in [0.29, 0.717) is 17.7 Å². The second-order valence-electron chi connectivity index (χ2n) is 5.17. The number of fused-ring (bicyclic) bond motifs is 1. The van der Waals surface area contributed by atoms with Gasteiger partial charge in [0, 0.05) is 18.0 Å². The maximum Gasteiger partial charge on any atom is 0.252 e. The van der Waals surface area contributed by atoms with Crippen LogP contribution < -0.4 is 5.32 Å². The Morgan fingerprint density at radius 1 is 1.11 bits per heavy atom. The number of hydrogen-bond acceptors (Lipinski definition) is 2. The number of amides is 1. The molecule has 0 spiro atoms. The van der Waals surface area contributed by atoms with Gasteiger partial charge in [-0.05, 0) is 12.5 Å². The van der Waals surface area contributed by atoms with E-state index in [1.54, 1.807) is 18.2 Å². The van der Waals surface area contributed by atoms with Crippen molar-refractivity contribution in [2.75, 3.05) is 6.54 Å². The molecular formula is C16H21NO2. The van der Waals surface area contributed by atoms with Crippen LogP contribution in [-0.4, -0.2) is 18.2 Å². The van der Waals surface area contributed by atoms with Crippen LogP contribution in [0.25, 0.3) is 0 Å². The van der Waals surface area contributed by atoms with Gasteiger partial charge in [0.2, 0.25) is 0 Å². The van der Waals surface area contributed by atoms with E-state index in [1.807, 2.05) is 6.07 Å². The molecule has 1 amide bonds. The van der Waals surface area contributed by atoms with Crippen LogP contribution in [0.4, 0.5) is 0 Å². The van der Waals surface area contributed by atoms with E-state index in [4.69, 9.17) is 0 Å². The molecule has 3 nitrogen and oxygen atoms in total. The van der Waals surface area contributed by atoms with Crippen LogP contribution in [0.1, 0.15) is 59.7 Å². The Morgan fingerprint density at radius 2 is 1.84 bits per heavy atom. The monoisotopic (exact) mass is 259 g/mol. The zero-order chi connectivity index (χ0) is 13.7. The van der Waals surface area contributed by atoms with E-state index >= 15 is 0 Å². The molecule has 0 saturated heterocycles. The van der Waals surface area contributed by atoms with Gasteiger partial charge in [-0.1, -0.05) is 50.8 Å². The third kappa shape index (κ3) is 3.22. The molecule has 19 heavy (non-hydrogen) atoms. The van der Waals surface area contributed by atoms with E-state index < -0.39 is 0 Å². The van der Waals surface area contributed by atoms with E-state index in [9.17, 15) is 9.59 Å². The summed E-state index contributed by atoms with van der Waals surface area (Å²) in [5, 5.41) is 2.86. The van der Waals surface area contributed by atoms with Crippen LogP contribution in [0.2, 0.25) is 0 Å². The first-order chi connectivity index (χ1) is 9.24. The Hall–Kier alpha value is -1.64. The van der Waals surface area contributed by atoms with Crippen molar-refractivity contribution >= 4 is 11.7 Å². The molecule has 0 radical (unpaired) electrons. The van der Waals surface area contributed by atoms with Crippen LogP contribution in [0, 0.1) is 5.92 Å². The molecular weight excluding hydrogens is 238 g/mol. The van der Waals surface area contributed by atoms with Crippen molar-refractivity contribution in [3.63, 3.8) is 0 Å². The Balaban J connectivity index is 2.09. The second-order valence-corrected chi connectivity index (χ2v) is 5.17. The summed E-state index contributed by atoms with van der Waals surface area (Å²) in [5.74, 6) is -0.0742. The number of rotatable bonds is 5. The zero-order valence-electron chi connectivity index (χ0n) is 11.4. The Labute approximate surface area is 114 Å². The maximum absolute atomic E-state index is 12.5. The Bertz CT molecular complexity index is 468. The van der Waals surface area contributed by atoms with Crippen LogP contribution in [0.15, 0.2) is 24.3 Å². The highest BCUT2D eigenvalue weighted by atomic mass is 16.2. The lowest BCUT2D eigenvalue weighted by molar-refractivity contribution is 0.0909. The van der Waals surface area contributed by atoms with Crippen molar-refractivity contribution in [3.05, 3.63) is 35.4 Å². The van der Waals surface area contributed by atoms with Gasteiger partial charge < -0.3 is 5.32 Å². The van der Waals surface area contributed by atoms with Crippen LogP contribution in [-0.2, 0) is 0 Å². The molecule has 1 atom stereocenters. The molecule has 1 unspecified atom stereocenters. The van der Waals surface area contributed by atoms with Crippen molar-refractivity contribution in [3.8, 4) is 0 Å². The fourth-order valence-corrected chi connectivity index (χ4v) is 2.57. The van der Waals surface area contributed by atoms with Gasteiger partial charge in [0.25, 0.3) is 5.91 Å². The normalized spacial score (nSPS) is 18.7. The van der Waals surface area contributed by atoms with Crippen LogP contribution >= 0.6 is 0 Å². The van der Waals surface area contributed by atoms with Gasteiger partial charge in [0.05, 0.1) is 5.56 Å². The minimum atomic E-state index is -0.125. The van der Waals surface area contributed by atoms with Gasteiger partial charge in [-0.3, -0.25) is 9.59 Å². The molecule has 1 aromatic rings. The number of unbranched alkanes of at least 4 members (excludes halogenated alkanes) is 3. The van der Waals surface area contributed by atoms with Gasteiger partial charge in [-0.25, -0.2) is 0 Å². The molecule has 0 aliphatic carbocycles. The summed E-state index contributed by atoms with van der Waals surface area (Å²) < 4.78 is 0. The first-order valence-corrected chi connectivity index (χ1v) is 7.15. The number of benzene rings is 1. The summed E-state index contributed by atoms with van der Waals surface area (Å²) in [5.41, 5.74) is 1.10. The third-order valence-electron chi connectivity index (χ3n) is 3.72. The van der Waals surface area contributed by atoms with Gasteiger partial charge in [-0.2, -0.15) is 0 Å². The van der Waals surface area contributed by atoms with Crippen molar-refractivity contribution in [1.29, 1.82) is 0 Å². The first-order valence-electron chi connectivity index (χ1n) is 7.15. The molecule has 0 aromatic heterocycles. The zero-order valence-corrected chi connectivity index (χ0v) is 11.4. The highest BCUT2D eigenvalue weighted by Crippen LogP contribution is 2.21. The summed E-state index contributed by atoms with van der Waals surface area (Å²) >= 11 is 0. The van der Waals surface area contributed by atoms with Gasteiger partial charge >= 0.3 is 0 Å². The van der Waals surface area contributed by atoms with Crippen molar-refractivity contribution < 1.29 is 9.59 Å². The standard InChI is InChI=1S/C16H21NO2/c1-2-3-4-5-8-12-11-17-16(19)14-10-7-6-9-13(14)15(12)18/h6-7,9-10,12H,2-5,8,11H2,1H3,(H,17,19). The van der Waals surface area contributed by atoms with Crippen molar-refractivity contribution in [2.45, 2.75) is 39.0 Å². The number of carbonyl (C=O) groups is 2. The molecule has 2 rings (SSSR count). The highest BCUT2D eigenvalue weighted by molar-refractivity contribution is 6.10. The smallest absolute Gasteiger partial charge is 0.252 e. The molecule has 1 heterocycles. The number of nitrogens with one attached hydrogen (secondary N) is 1. The minimum absolute atomic E-state index is 0.0653. The molecule has 1 aliphatic rings. The van der Waals surface area contributed by atoms with E-state index in [2.05, 4.69) is 12.2 Å². The molecule has 1 aromatic carbocycles. The average molecular weight is 259 g/mol. The van der Waals surface area contributed by atoms with Gasteiger partial charge in [0.1, 0.15) is 0 Å². The predicted octanol–water partition coefficient (Wildman–Crippen LogP) is 3.20. The lowest BCUT2D eigenvalue weighted by Crippen LogP contribution is -2.28. The molecule has 0 saturated carbocycles. The van der Waals surface area contributed by atoms with Gasteiger partial charge in [-0.15, -0.1) is 0 Å². The Kier molecular flexibility index (Phi) is 4.72. The third-order valence-corrected chi connectivity index (χ3v) is 3.72. The average Bonchev–Trinajstić information content (AvgIpc) is 2.56.